The van der Waals surface area contributed by atoms with E-state index in [0.717, 1.165) is 10.9 Å². The number of aromatic nitrogens is 4. The molecule has 0 spiro atoms. The molecule has 6 heteroatoms. The minimum absolute atomic E-state index is 0.339. The number of halogens is 1. The third-order valence-corrected chi connectivity index (χ3v) is 3.27. The number of hydrogen-bond acceptors (Lipinski definition) is 4. The van der Waals surface area contributed by atoms with Crippen molar-refractivity contribution in [3.05, 3.63) is 60.7 Å². The molecule has 2 aromatic carbocycles. The fourth-order valence-electron chi connectivity index (χ4n) is 2.27. The topological polar surface area (TPSA) is 55.1 Å². The van der Waals surface area contributed by atoms with E-state index in [9.17, 15) is 4.39 Å². The summed E-state index contributed by atoms with van der Waals surface area (Å²) < 4.78 is 15.5. The molecule has 0 saturated carbocycles. The Morgan fingerprint density at radius 2 is 1.81 bits per heavy atom. The number of fused-ring (bicyclic) bond motifs is 3. The minimum Gasteiger partial charge on any atom is -0.323 e. The zero-order valence-corrected chi connectivity index (χ0v) is 10.9. The molecular weight excluding hydrogens is 269 g/mol. The van der Waals surface area contributed by atoms with Gasteiger partial charge in [-0.3, -0.25) is 4.40 Å². The van der Waals surface area contributed by atoms with Crippen LogP contribution in [-0.4, -0.2) is 19.6 Å². The Kier molecular flexibility index (Phi) is 2.53. The van der Waals surface area contributed by atoms with E-state index in [1.165, 1.54) is 6.07 Å². The van der Waals surface area contributed by atoms with Gasteiger partial charge in [0.15, 0.2) is 5.65 Å². The third kappa shape index (κ3) is 1.88. The minimum atomic E-state index is -0.339. The van der Waals surface area contributed by atoms with Crippen LogP contribution in [0.15, 0.2) is 54.9 Å². The van der Waals surface area contributed by atoms with Gasteiger partial charge in [-0.25, -0.2) is 9.37 Å². The van der Waals surface area contributed by atoms with Crippen molar-refractivity contribution in [1.29, 1.82) is 0 Å². The fourth-order valence-corrected chi connectivity index (χ4v) is 2.27. The Morgan fingerprint density at radius 1 is 1.00 bits per heavy atom. The van der Waals surface area contributed by atoms with Gasteiger partial charge in [-0.2, -0.15) is 0 Å². The Balaban J connectivity index is 1.95. The van der Waals surface area contributed by atoms with Gasteiger partial charge in [0, 0.05) is 5.39 Å². The van der Waals surface area contributed by atoms with Gasteiger partial charge in [0.1, 0.15) is 12.1 Å². The van der Waals surface area contributed by atoms with Crippen molar-refractivity contribution < 1.29 is 4.39 Å². The van der Waals surface area contributed by atoms with E-state index in [1.807, 2.05) is 24.3 Å². The fraction of sp³-hybridized carbons (Fsp3) is 0. The van der Waals surface area contributed by atoms with Crippen molar-refractivity contribution >= 4 is 28.2 Å². The largest absolute Gasteiger partial charge is 0.323 e. The Morgan fingerprint density at radius 3 is 2.71 bits per heavy atom. The van der Waals surface area contributed by atoms with Crippen molar-refractivity contribution in [2.24, 2.45) is 0 Å². The standard InChI is InChI=1S/C15H10FN5/c16-11-6-2-4-8-13(11)19-15-18-12-7-3-1-5-10(12)14-20-17-9-21(14)15/h1-9H,(H,18,19). The van der Waals surface area contributed by atoms with Gasteiger partial charge in [0.2, 0.25) is 5.95 Å². The quantitative estimate of drug-likeness (QED) is 0.612. The molecule has 4 aromatic rings. The second kappa shape index (κ2) is 4.52. The van der Waals surface area contributed by atoms with Crippen molar-refractivity contribution in [2.45, 2.75) is 0 Å². The zero-order valence-electron chi connectivity index (χ0n) is 10.9. The first kappa shape index (κ1) is 11.8. The molecule has 102 valence electrons. The van der Waals surface area contributed by atoms with Gasteiger partial charge in [0.05, 0.1) is 11.2 Å². The average molecular weight is 279 g/mol. The predicted octanol–water partition coefficient (Wildman–Crippen LogP) is 3.16. The number of nitrogens with zero attached hydrogens (tertiary/aromatic N) is 4. The summed E-state index contributed by atoms with van der Waals surface area (Å²) in [5, 5.41) is 11.9. The molecule has 5 nitrogen and oxygen atoms in total. The molecule has 0 bridgehead atoms. The molecule has 0 fully saturated rings. The van der Waals surface area contributed by atoms with Crippen LogP contribution in [0.2, 0.25) is 0 Å². The highest BCUT2D eigenvalue weighted by Crippen LogP contribution is 2.23. The molecule has 4 rings (SSSR count). The summed E-state index contributed by atoms with van der Waals surface area (Å²) in [5.41, 5.74) is 1.81. The average Bonchev–Trinajstić information content (AvgIpc) is 3.00. The Labute approximate surface area is 119 Å². The van der Waals surface area contributed by atoms with Gasteiger partial charge >= 0.3 is 0 Å². The number of rotatable bonds is 2. The van der Waals surface area contributed by atoms with Crippen molar-refractivity contribution in [3.8, 4) is 0 Å². The summed E-state index contributed by atoms with van der Waals surface area (Å²) in [6.45, 7) is 0. The number of anilines is 2. The molecule has 21 heavy (non-hydrogen) atoms. The van der Waals surface area contributed by atoms with Crippen molar-refractivity contribution in [2.75, 3.05) is 5.32 Å². The first-order valence-electron chi connectivity index (χ1n) is 6.43. The highest BCUT2D eigenvalue weighted by atomic mass is 19.1. The maximum Gasteiger partial charge on any atom is 0.215 e. The van der Waals surface area contributed by atoms with Crippen LogP contribution in [0, 0.1) is 5.82 Å². The van der Waals surface area contributed by atoms with Crippen LogP contribution in [0.25, 0.3) is 16.6 Å². The smallest absolute Gasteiger partial charge is 0.215 e. The van der Waals surface area contributed by atoms with Gasteiger partial charge in [-0.1, -0.05) is 24.3 Å². The first-order chi connectivity index (χ1) is 10.3. The maximum absolute atomic E-state index is 13.8. The normalized spacial score (nSPS) is 11.1. The Hall–Kier alpha value is -3.02. The number of para-hydroxylation sites is 2. The summed E-state index contributed by atoms with van der Waals surface area (Å²) in [6, 6.07) is 14.1. The summed E-state index contributed by atoms with van der Waals surface area (Å²) in [5.74, 6) is 0.132. The molecule has 0 unspecified atom stereocenters. The monoisotopic (exact) mass is 279 g/mol. The lowest BCUT2D eigenvalue weighted by Crippen LogP contribution is -2.03. The van der Waals surface area contributed by atoms with Crippen LogP contribution in [0.5, 0.6) is 0 Å². The number of benzene rings is 2. The lowest BCUT2D eigenvalue weighted by Gasteiger charge is -2.09. The van der Waals surface area contributed by atoms with Gasteiger partial charge in [-0.05, 0) is 24.3 Å². The highest BCUT2D eigenvalue weighted by molar-refractivity contribution is 5.92. The Bertz CT molecular complexity index is 947. The second-order valence-electron chi connectivity index (χ2n) is 4.58. The van der Waals surface area contributed by atoms with Crippen molar-refractivity contribution in [1.82, 2.24) is 19.6 Å². The third-order valence-electron chi connectivity index (χ3n) is 3.27. The summed E-state index contributed by atoms with van der Waals surface area (Å²) in [4.78, 5) is 4.52. The molecular formula is C15H10FN5. The van der Waals surface area contributed by atoms with E-state index in [1.54, 1.807) is 28.9 Å². The van der Waals surface area contributed by atoms with E-state index in [4.69, 9.17) is 0 Å². The lowest BCUT2D eigenvalue weighted by molar-refractivity contribution is 0.631. The highest BCUT2D eigenvalue weighted by Gasteiger charge is 2.10. The molecule has 0 aliphatic heterocycles. The number of nitrogens with one attached hydrogen (secondary N) is 1. The van der Waals surface area contributed by atoms with E-state index < -0.39 is 0 Å². The van der Waals surface area contributed by atoms with Crippen molar-refractivity contribution in [3.63, 3.8) is 0 Å². The van der Waals surface area contributed by atoms with Gasteiger partial charge in [0.25, 0.3) is 0 Å². The SMILES string of the molecule is Fc1ccccc1Nc1nc2ccccc2c2nncn12. The maximum atomic E-state index is 13.8. The number of hydrogen-bond donors (Lipinski definition) is 1. The van der Waals surface area contributed by atoms with Crippen LogP contribution < -0.4 is 5.32 Å². The molecule has 0 amide bonds. The van der Waals surface area contributed by atoms with Gasteiger partial charge in [-0.15, -0.1) is 10.2 Å². The van der Waals surface area contributed by atoms with Crippen LogP contribution >= 0.6 is 0 Å². The molecule has 0 aliphatic carbocycles. The summed E-state index contributed by atoms with van der Waals surface area (Å²) in [6.07, 6.45) is 1.55. The summed E-state index contributed by atoms with van der Waals surface area (Å²) in [7, 11) is 0. The van der Waals surface area contributed by atoms with E-state index >= 15 is 0 Å². The second-order valence-corrected chi connectivity index (χ2v) is 4.58. The van der Waals surface area contributed by atoms with E-state index in [2.05, 4.69) is 20.5 Å². The van der Waals surface area contributed by atoms with Crippen LogP contribution in [0.4, 0.5) is 16.0 Å². The summed E-state index contributed by atoms with van der Waals surface area (Å²) >= 11 is 0. The molecule has 0 atom stereocenters. The van der Waals surface area contributed by atoms with Gasteiger partial charge < -0.3 is 5.32 Å². The molecule has 0 aliphatic rings. The molecule has 1 N–H and O–H groups in total. The van der Waals surface area contributed by atoms with Crippen LogP contribution in [0.3, 0.4) is 0 Å². The predicted molar refractivity (Wildman–Crippen MR) is 78.0 cm³/mol. The lowest BCUT2D eigenvalue weighted by atomic mass is 10.2. The zero-order chi connectivity index (χ0) is 14.2. The van der Waals surface area contributed by atoms with E-state index in [0.29, 0.717) is 17.3 Å². The first-order valence-corrected chi connectivity index (χ1v) is 6.43. The molecule has 0 saturated heterocycles. The van der Waals surface area contributed by atoms with Crippen LogP contribution in [-0.2, 0) is 0 Å². The van der Waals surface area contributed by atoms with E-state index in [-0.39, 0.29) is 5.82 Å². The van der Waals surface area contributed by atoms with Crippen LogP contribution in [0.1, 0.15) is 0 Å². The molecule has 2 heterocycles. The molecule has 2 aromatic heterocycles. The molecule has 0 radical (unpaired) electrons.